The van der Waals surface area contributed by atoms with Gasteiger partial charge in [0.25, 0.3) is 5.91 Å². The largest absolute Gasteiger partial charge is 0.368 e. The first kappa shape index (κ1) is 17.0. The standard InChI is InChI=1S/C16H19N7OS/c1-10-15(25-12(3)20-10)16(24)18-7-6-17-13-9-14(22-11(2)21-13)23-8-4-5-19-23/h4-5,8-9H,6-7H2,1-3H3,(H,18,24)(H,17,21,22). The molecule has 3 aromatic rings. The Morgan fingerprint density at radius 3 is 2.72 bits per heavy atom. The van der Waals surface area contributed by atoms with Crippen LogP contribution in [0.4, 0.5) is 5.82 Å². The van der Waals surface area contributed by atoms with Crippen molar-refractivity contribution in [3.05, 3.63) is 45.9 Å². The topological polar surface area (TPSA) is 97.6 Å². The molecule has 3 aromatic heterocycles. The van der Waals surface area contributed by atoms with Crippen LogP contribution >= 0.6 is 11.3 Å². The van der Waals surface area contributed by atoms with E-state index >= 15 is 0 Å². The van der Waals surface area contributed by atoms with Crippen LogP contribution in [0.15, 0.2) is 24.5 Å². The van der Waals surface area contributed by atoms with Crippen molar-refractivity contribution >= 4 is 23.1 Å². The average Bonchev–Trinajstić information content (AvgIpc) is 3.20. The number of rotatable bonds is 6. The van der Waals surface area contributed by atoms with Crippen molar-refractivity contribution in [2.24, 2.45) is 0 Å². The molecule has 0 bridgehead atoms. The first-order chi connectivity index (χ1) is 12.0. The van der Waals surface area contributed by atoms with Gasteiger partial charge in [-0.25, -0.2) is 19.6 Å². The van der Waals surface area contributed by atoms with Gasteiger partial charge in [-0.1, -0.05) is 0 Å². The second kappa shape index (κ2) is 7.39. The Kier molecular flexibility index (Phi) is 5.03. The summed E-state index contributed by atoms with van der Waals surface area (Å²) in [6.07, 6.45) is 3.52. The Bertz CT molecular complexity index is 873. The minimum Gasteiger partial charge on any atom is -0.368 e. The van der Waals surface area contributed by atoms with E-state index in [0.29, 0.717) is 35.4 Å². The van der Waals surface area contributed by atoms with Crippen LogP contribution in [0, 0.1) is 20.8 Å². The first-order valence-electron chi connectivity index (χ1n) is 7.85. The van der Waals surface area contributed by atoms with Gasteiger partial charge in [0.05, 0.1) is 10.7 Å². The summed E-state index contributed by atoms with van der Waals surface area (Å²) < 4.78 is 1.68. The third kappa shape index (κ3) is 4.18. The number of hydrogen-bond acceptors (Lipinski definition) is 7. The smallest absolute Gasteiger partial charge is 0.263 e. The molecule has 1 amide bonds. The molecule has 0 aliphatic rings. The monoisotopic (exact) mass is 357 g/mol. The maximum Gasteiger partial charge on any atom is 0.263 e. The highest BCUT2D eigenvalue weighted by Gasteiger charge is 2.13. The van der Waals surface area contributed by atoms with E-state index < -0.39 is 0 Å². The molecule has 3 heterocycles. The van der Waals surface area contributed by atoms with Crippen molar-refractivity contribution < 1.29 is 4.79 Å². The molecule has 3 rings (SSSR count). The van der Waals surface area contributed by atoms with Crippen molar-refractivity contribution in [3.63, 3.8) is 0 Å². The zero-order valence-electron chi connectivity index (χ0n) is 14.3. The molecule has 0 aromatic carbocycles. The molecule has 0 spiro atoms. The van der Waals surface area contributed by atoms with E-state index in [0.717, 1.165) is 10.7 Å². The number of hydrogen-bond donors (Lipinski definition) is 2. The number of carbonyl (C=O) groups is 1. The molecule has 0 radical (unpaired) electrons. The highest BCUT2D eigenvalue weighted by atomic mass is 32.1. The zero-order chi connectivity index (χ0) is 17.8. The number of aromatic nitrogens is 5. The zero-order valence-corrected chi connectivity index (χ0v) is 15.1. The van der Waals surface area contributed by atoms with E-state index in [1.807, 2.05) is 39.1 Å². The van der Waals surface area contributed by atoms with E-state index in [1.165, 1.54) is 11.3 Å². The van der Waals surface area contributed by atoms with Gasteiger partial charge in [0.2, 0.25) is 0 Å². The Morgan fingerprint density at radius 1 is 1.20 bits per heavy atom. The summed E-state index contributed by atoms with van der Waals surface area (Å²) in [5.41, 5.74) is 0.767. The van der Waals surface area contributed by atoms with Gasteiger partial charge in [0.15, 0.2) is 5.82 Å². The number of aryl methyl sites for hydroxylation is 3. The molecular formula is C16H19N7OS. The van der Waals surface area contributed by atoms with Gasteiger partial charge in [-0.3, -0.25) is 4.79 Å². The van der Waals surface area contributed by atoms with E-state index in [9.17, 15) is 4.79 Å². The fraction of sp³-hybridized carbons (Fsp3) is 0.312. The summed E-state index contributed by atoms with van der Waals surface area (Å²) in [4.78, 5) is 25.8. The average molecular weight is 357 g/mol. The van der Waals surface area contributed by atoms with Crippen LogP contribution in [0.3, 0.4) is 0 Å². The van der Waals surface area contributed by atoms with E-state index in [2.05, 4.69) is 30.7 Å². The van der Waals surface area contributed by atoms with Gasteiger partial charge in [0, 0.05) is 31.5 Å². The van der Waals surface area contributed by atoms with E-state index in [-0.39, 0.29) is 5.91 Å². The highest BCUT2D eigenvalue weighted by Crippen LogP contribution is 2.16. The number of amides is 1. The van der Waals surface area contributed by atoms with Gasteiger partial charge in [-0.2, -0.15) is 5.10 Å². The van der Waals surface area contributed by atoms with Crippen molar-refractivity contribution in [3.8, 4) is 5.82 Å². The Morgan fingerprint density at radius 2 is 2.04 bits per heavy atom. The maximum absolute atomic E-state index is 12.1. The minimum atomic E-state index is -0.0963. The van der Waals surface area contributed by atoms with Gasteiger partial charge in [0.1, 0.15) is 16.5 Å². The van der Waals surface area contributed by atoms with Crippen LogP contribution in [-0.4, -0.2) is 43.7 Å². The SMILES string of the molecule is Cc1nc(NCCNC(=O)c2sc(C)nc2C)cc(-n2cccn2)n1. The third-order valence-corrected chi connectivity index (χ3v) is 4.46. The van der Waals surface area contributed by atoms with Gasteiger partial charge in [-0.05, 0) is 26.8 Å². The van der Waals surface area contributed by atoms with Crippen LogP contribution in [-0.2, 0) is 0 Å². The summed E-state index contributed by atoms with van der Waals surface area (Å²) in [6, 6.07) is 3.65. The maximum atomic E-state index is 12.1. The lowest BCUT2D eigenvalue weighted by molar-refractivity contribution is 0.0958. The Labute approximate surface area is 149 Å². The van der Waals surface area contributed by atoms with Crippen LogP contribution < -0.4 is 10.6 Å². The Hall–Kier alpha value is -2.81. The summed E-state index contributed by atoms with van der Waals surface area (Å²) in [6.45, 7) is 6.60. The lowest BCUT2D eigenvalue weighted by atomic mass is 10.3. The molecule has 0 unspecified atom stereocenters. The van der Waals surface area contributed by atoms with Crippen LogP contribution in [0.1, 0.15) is 26.2 Å². The molecule has 130 valence electrons. The molecule has 2 N–H and O–H groups in total. The van der Waals surface area contributed by atoms with Crippen LogP contribution in [0.25, 0.3) is 5.82 Å². The molecule has 0 aliphatic carbocycles. The van der Waals surface area contributed by atoms with Crippen molar-refractivity contribution in [2.45, 2.75) is 20.8 Å². The predicted molar refractivity (Wildman–Crippen MR) is 96.3 cm³/mol. The summed E-state index contributed by atoms with van der Waals surface area (Å²) in [7, 11) is 0. The quantitative estimate of drug-likeness (QED) is 0.654. The lowest BCUT2D eigenvalue weighted by Gasteiger charge is -2.09. The number of carbonyl (C=O) groups excluding carboxylic acids is 1. The number of thiazole rings is 1. The second-order valence-electron chi connectivity index (χ2n) is 5.44. The number of anilines is 1. The van der Waals surface area contributed by atoms with Gasteiger partial charge in [-0.15, -0.1) is 11.3 Å². The predicted octanol–water partition coefficient (Wildman–Crippen LogP) is 1.89. The summed E-state index contributed by atoms with van der Waals surface area (Å²) >= 11 is 1.41. The Balaban J connectivity index is 1.56. The van der Waals surface area contributed by atoms with Crippen LogP contribution in [0.2, 0.25) is 0 Å². The fourth-order valence-electron chi connectivity index (χ4n) is 2.35. The fourth-order valence-corrected chi connectivity index (χ4v) is 3.19. The number of nitrogens with one attached hydrogen (secondary N) is 2. The normalized spacial score (nSPS) is 10.7. The molecule has 25 heavy (non-hydrogen) atoms. The molecule has 9 heteroatoms. The molecule has 0 saturated heterocycles. The van der Waals surface area contributed by atoms with Crippen molar-refractivity contribution in [1.29, 1.82) is 0 Å². The minimum absolute atomic E-state index is 0.0963. The van der Waals surface area contributed by atoms with E-state index in [4.69, 9.17) is 0 Å². The molecule has 0 saturated carbocycles. The molecule has 8 nitrogen and oxygen atoms in total. The van der Waals surface area contributed by atoms with Crippen molar-refractivity contribution in [2.75, 3.05) is 18.4 Å². The number of nitrogens with zero attached hydrogens (tertiary/aromatic N) is 5. The lowest BCUT2D eigenvalue weighted by Crippen LogP contribution is -2.28. The summed E-state index contributed by atoms with van der Waals surface area (Å²) in [5, 5.41) is 11.1. The molecule has 0 fully saturated rings. The third-order valence-electron chi connectivity index (χ3n) is 3.39. The molecule has 0 aliphatic heterocycles. The van der Waals surface area contributed by atoms with Crippen LogP contribution in [0.5, 0.6) is 0 Å². The van der Waals surface area contributed by atoms with Gasteiger partial charge < -0.3 is 10.6 Å². The highest BCUT2D eigenvalue weighted by molar-refractivity contribution is 7.13. The summed E-state index contributed by atoms with van der Waals surface area (Å²) in [5.74, 6) is 1.94. The van der Waals surface area contributed by atoms with E-state index in [1.54, 1.807) is 10.9 Å². The molecule has 0 atom stereocenters. The first-order valence-corrected chi connectivity index (χ1v) is 8.66. The van der Waals surface area contributed by atoms with Crippen molar-refractivity contribution in [1.82, 2.24) is 30.0 Å². The van der Waals surface area contributed by atoms with Gasteiger partial charge >= 0.3 is 0 Å². The molecular weight excluding hydrogens is 338 g/mol. The second-order valence-corrected chi connectivity index (χ2v) is 6.64.